The second-order valence-corrected chi connectivity index (χ2v) is 5.10. The van der Waals surface area contributed by atoms with Crippen molar-refractivity contribution in [2.45, 2.75) is 0 Å². The molecule has 0 aliphatic heterocycles. The molecule has 0 aliphatic rings. The molecule has 0 atom stereocenters. The highest BCUT2D eigenvalue weighted by molar-refractivity contribution is 7.80. The highest BCUT2D eigenvalue weighted by atomic mass is 32.1. The molecule has 0 radical (unpaired) electrons. The quantitative estimate of drug-likeness (QED) is 0.592. The summed E-state index contributed by atoms with van der Waals surface area (Å²) in [4.78, 5) is 24.2. The largest absolute Gasteiger partial charge is 0.351 e. The van der Waals surface area contributed by atoms with Crippen molar-refractivity contribution >= 4 is 48.4 Å². The van der Waals surface area contributed by atoms with Crippen LogP contribution in [0.25, 0.3) is 0 Å². The number of thiol groups is 2. The van der Waals surface area contributed by atoms with Crippen LogP contribution in [0, 0.1) is 0 Å². The normalized spacial score (nSPS) is 10.0. The summed E-state index contributed by atoms with van der Waals surface area (Å²) in [6.07, 6.45) is 0. The van der Waals surface area contributed by atoms with E-state index >= 15 is 0 Å². The minimum atomic E-state index is -0.169. The van der Waals surface area contributed by atoms with Gasteiger partial charge in [0.1, 0.15) is 0 Å². The molecule has 1 rings (SSSR count). The van der Waals surface area contributed by atoms with E-state index in [9.17, 15) is 9.59 Å². The molecule has 94 valence electrons. The fourth-order valence-corrected chi connectivity index (χ4v) is 2.16. The number of amides is 2. The SMILES string of the molecule is O=C(NCCS)c1ccc(C(=O)NCCS)s1. The lowest BCUT2D eigenvalue weighted by Gasteiger charge is -2.00. The lowest BCUT2D eigenvalue weighted by atomic mass is 10.4. The zero-order valence-corrected chi connectivity index (χ0v) is 11.7. The molecular weight excluding hydrogens is 276 g/mol. The molecule has 0 spiro atoms. The van der Waals surface area contributed by atoms with E-state index in [1.807, 2.05) is 0 Å². The van der Waals surface area contributed by atoms with Gasteiger partial charge in [0, 0.05) is 24.6 Å². The van der Waals surface area contributed by atoms with Crippen molar-refractivity contribution in [3.8, 4) is 0 Å². The molecule has 2 amide bonds. The highest BCUT2D eigenvalue weighted by Gasteiger charge is 2.12. The third-order valence-corrected chi connectivity index (χ3v) is 3.38. The first-order chi connectivity index (χ1) is 8.19. The molecule has 0 fully saturated rings. The number of thiophene rings is 1. The van der Waals surface area contributed by atoms with Gasteiger partial charge >= 0.3 is 0 Å². The van der Waals surface area contributed by atoms with E-state index < -0.39 is 0 Å². The maximum absolute atomic E-state index is 11.6. The molecule has 7 heteroatoms. The fraction of sp³-hybridized carbons (Fsp3) is 0.400. The second-order valence-electron chi connectivity index (χ2n) is 3.12. The van der Waals surface area contributed by atoms with E-state index in [0.29, 0.717) is 34.3 Å². The molecule has 1 aromatic rings. The monoisotopic (exact) mass is 290 g/mol. The van der Waals surface area contributed by atoms with E-state index in [2.05, 4.69) is 35.9 Å². The predicted molar refractivity (Wildman–Crippen MR) is 76.7 cm³/mol. The summed E-state index contributed by atoms with van der Waals surface area (Å²) in [6.45, 7) is 1.03. The van der Waals surface area contributed by atoms with Crippen molar-refractivity contribution in [3.63, 3.8) is 0 Å². The third kappa shape index (κ3) is 4.61. The Hall–Kier alpha value is -0.660. The molecule has 0 saturated carbocycles. The van der Waals surface area contributed by atoms with E-state index in [0.717, 1.165) is 0 Å². The van der Waals surface area contributed by atoms with E-state index in [-0.39, 0.29) is 11.8 Å². The smallest absolute Gasteiger partial charge is 0.261 e. The molecule has 1 heterocycles. The lowest BCUT2D eigenvalue weighted by molar-refractivity contribution is 0.0953. The van der Waals surface area contributed by atoms with Crippen LogP contribution < -0.4 is 10.6 Å². The number of carbonyl (C=O) groups excluding carboxylic acids is 2. The van der Waals surface area contributed by atoms with Gasteiger partial charge in [-0.05, 0) is 12.1 Å². The van der Waals surface area contributed by atoms with Gasteiger partial charge in [-0.1, -0.05) is 0 Å². The van der Waals surface area contributed by atoms with Crippen molar-refractivity contribution in [3.05, 3.63) is 21.9 Å². The van der Waals surface area contributed by atoms with Crippen molar-refractivity contribution in [2.75, 3.05) is 24.6 Å². The van der Waals surface area contributed by atoms with Crippen LogP contribution in [0.4, 0.5) is 0 Å². The fourth-order valence-electron chi connectivity index (χ4n) is 1.10. The standard InChI is InChI=1S/C10H14N2O2S3/c13-9(11-3-5-15)7-1-2-8(17-7)10(14)12-4-6-16/h1-2,15-16H,3-6H2,(H,11,13)(H,12,14). The van der Waals surface area contributed by atoms with Gasteiger partial charge in [0.15, 0.2) is 0 Å². The van der Waals surface area contributed by atoms with Gasteiger partial charge in [-0.3, -0.25) is 9.59 Å². The highest BCUT2D eigenvalue weighted by Crippen LogP contribution is 2.16. The maximum atomic E-state index is 11.6. The van der Waals surface area contributed by atoms with Gasteiger partial charge in [-0.25, -0.2) is 0 Å². The summed E-state index contributed by atoms with van der Waals surface area (Å²) in [7, 11) is 0. The summed E-state index contributed by atoms with van der Waals surface area (Å²) in [5, 5.41) is 5.39. The average molecular weight is 290 g/mol. The zero-order chi connectivity index (χ0) is 12.7. The summed E-state index contributed by atoms with van der Waals surface area (Å²) < 4.78 is 0. The molecule has 0 saturated heterocycles. The van der Waals surface area contributed by atoms with E-state index in [1.54, 1.807) is 12.1 Å². The summed E-state index contributed by atoms with van der Waals surface area (Å²) in [6, 6.07) is 3.29. The number of nitrogens with one attached hydrogen (secondary N) is 2. The Kier molecular flexibility index (Phi) is 6.46. The summed E-state index contributed by atoms with van der Waals surface area (Å²) in [5.41, 5.74) is 0. The Morgan fingerprint density at radius 1 is 1.00 bits per heavy atom. The Labute approximate surface area is 115 Å². The predicted octanol–water partition coefficient (Wildman–Crippen LogP) is 1.07. The van der Waals surface area contributed by atoms with E-state index in [1.165, 1.54) is 11.3 Å². The van der Waals surface area contributed by atoms with Crippen LogP contribution in [0.15, 0.2) is 12.1 Å². The van der Waals surface area contributed by atoms with Crippen LogP contribution >= 0.6 is 36.6 Å². The number of hydrogen-bond donors (Lipinski definition) is 4. The Bertz CT molecular complexity index is 358. The Morgan fingerprint density at radius 3 is 1.76 bits per heavy atom. The summed E-state index contributed by atoms with van der Waals surface area (Å²) >= 11 is 9.18. The van der Waals surface area contributed by atoms with Gasteiger partial charge in [-0.15, -0.1) is 11.3 Å². The molecule has 0 aromatic carbocycles. The number of hydrogen-bond acceptors (Lipinski definition) is 5. The summed E-state index contributed by atoms with van der Waals surface area (Å²) in [5.74, 6) is 0.841. The third-order valence-electron chi connectivity index (χ3n) is 1.85. The van der Waals surface area contributed by atoms with E-state index in [4.69, 9.17) is 0 Å². The van der Waals surface area contributed by atoms with Crippen molar-refractivity contribution < 1.29 is 9.59 Å². The van der Waals surface area contributed by atoms with Crippen molar-refractivity contribution in [2.24, 2.45) is 0 Å². The minimum Gasteiger partial charge on any atom is -0.351 e. The Morgan fingerprint density at radius 2 is 1.41 bits per heavy atom. The zero-order valence-electron chi connectivity index (χ0n) is 9.10. The lowest BCUT2D eigenvalue weighted by Crippen LogP contribution is -2.25. The van der Waals surface area contributed by atoms with Gasteiger partial charge in [0.2, 0.25) is 0 Å². The van der Waals surface area contributed by atoms with Crippen LogP contribution in [-0.4, -0.2) is 36.4 Å². The van der Waals surface area contributed by atoms with Crippen LogP contribution in [-0.2, 0) is 0 Å². The molecular formula is C10H14N2O2S3. The van der Waals surface area contributed by atoms with Crippen LogP contribution in [0.1, 0.15) is 19.3 Å². The Balaban J connectivity index is 2.58. The molecule has 0 unspecified atom stereocenters. The topological polar surface area (TPSA) is 58.2 Å². The molecule has 4 nitrogen and oxygen atoms in total. The first-order valence-corrected chi connectivity index (χ1v) is 7.15. The molecule has 17 heavy (non-hydrogen) atoms. The van der Waals surface area contributed by atoms with Crippen LogP contribution in [0.5, 0.6) is 0 Å². The number of rotatable bonds is 6. The molecule has 1 aromatic heterocycles. The average Bonchev–Trinajstić information content (AvgIpc) is 2.82. The molecule has 0 aliphatic carbocycles. The molecule has 0 bridgehead atoms. The van der Waals surface area contributed by atoms with Gasteiger partial charge in [0.25, 0.3) is 11.8 Å². The van der Waals surface area contributed by atoms with Crippen molar-refractivity contribution in [1.82, 2.24) is 10.6 Å². The van der Waals surface area contributed by atoms with Crippen molar-refractivity contribution in [1.29, 1.82) is 0 Å². The maximum Gasteiger partial charge on any atom is 0.261 e. The van der Waals surface area contributed by atoms with Gasteiger partial charge in [-0.2, -0.15) is 25.3 Å². The van der Waals surface area contributed by atoms with Gasteiger partial charge < -0.3 is 10.6 Å². The minimum absolute atomic E-state index is 0.169. The number of carbonyl (C=O) groups is 2. The van der Waals surface area contributed by atoms with Gasteiger partial charge in [0.05, 0.1) is 9.75 Å². The van der Waals surface area contributed by atoms with Crippen LogP contribution in [0.2, 0.25) is 0 Å². The second kappa shape index (κ2) is 7.62. The first-order valence-electron chi connectivity index (χ1n) is 5.07. The first kappa shape index (κ1) is 14.4. The van der Waals surface area contributed by atoms with Crippen LogP contribution in [0.3, 0.4) is 0 Å². The molecule has 2 N–H and O–H groups in total.